The maximum Gasteiger partial charge on any atom is 0.0211 e. The van der Waals surface area contributed by atoms with E-state index in [4.69, 9.17) is 0 Å². The van der Waals surface area contributed by atoms with Crippen molar-refractivity contribution >= 4 is 5.57 Å². The largest absolute Gasteiger partial charge is 0.0836 e. The molecule has 12 heavy (non-hydrogen) atoms. The molecule has 0 spiro atoms. The van der Waals surface area contributed by atoms with Gasteiger partial charge in [0.05, 0.1) is 0 Å². The van der Waals surface area contributed by atoms with Crippen LogP contribution in [0.3, 0.4) is 0 Å². The van der Waals surface area contributed by atoms with E-state index in [2.05, 4.69) is 48.9 Å². The molecule has 0 atom stereocenters. The highest BCUT2D eigenvalue weighted by Gasteiger charge is 2.01. The molecule has 0 amide bonds. The molecule has 0 aromatic heterocycles. The summed E-state index contributed by atoms with van der Waals surface area (Å²) in [5, 5.41) is 0. The average Bonchev–Trinajstić information content (AvgIpc) is 2.21. The van der Waals surface area contributed by atoms with E-state index < -0.39 is 0 Å². The van der Waals surface area contributed by atoms with Crippen molar-refractivity contribution in [2.24, 2.45) is 0 Å². The van der Waals surface area contributed by atoms with E-state index in [0.29, 0.717) is 0 Å². The molecule has 58 valence electrons. The van der Waals surface area contributed by atoms with E-state index in [-0.39, 0.29) is 0 Å². The van der Waals surface area contributed by atoms with Crippen LogP contribution in [0.4, 0.5) is 0 Å². The van der Waals surface area contributed by atoms with Crippen molar-refractivity contribution in [3.63, 3.8) is 0 Å². The van der Waals surface area contributed by atoms with Gasteiger partial charge in [0, 0.05) is 6.42 Å². The SMILES string of the molecule is [C]1CC=CC=C1c1ccccc1. The fourth-order valence-corrected chi connectivity index (χ4v) is 1.28. The molecule has 0 unspecified atom stereocenters. The highest BCUT2D eigenvalue weighted by molar-refractivity contribution is 5.74. The number of rotatable bonds is 1. The van der Waals surface area contributed by atoms with Gasteiger partial charge in [0.25, 0.3) is 0 Å². The summed E-state index contributed by atoms with van der Waals surface area (Å²) >= 11 is 0. The van der Waals surface area contributed by atoms with E-state index in [1.165, 1.54) is 11.1 Å². The predicted molar refractivity (Wildman–Crippen MR) is 51.4 cm³/mol. The van der Waals surface area contributed by atoms with Gasteiger partial charge in [-0.1, -0.05) is 48.6 Å². The van der Waals surface area contributed by atoms with E-state index in [1.807, 2.05) is 6.07 Å². The molecule has 0 saturated carbocycles. The van der Waals surface area contributed by atoms with E-state index >= 15 is 0 Å². The molecule has 1 aliphatic rings. The van der Waals surface area contributed by atoms with Crippen LogP contribution < -0.4 is 0 Å². The summed E-state index contributed by atoms with van der Waals surface area (Å²) in [6.45, 7) is 0. The first-order valence-corrected chi connectivity index (χ1v) is 4.13. The van der Waals surface area contributed by atoms with Crippen LogP contribution in [0, 0.1) is 6.42 Å². The van der Waals surface area contributed by atoms with Gasteiger partial charge in [-0.2, -0.15) is 0 Å². The topological polar surface area (TPSA) is 0 Å². The lowest BCUT2D eigenvalue weighted by Gasteiger charge is -2.07. The quantitative estimate of drug-likeness (QED) is 0.583. The van der Waals surface area contributed by atoms with Crippen LogP contribution in [0.15, 0.2) is 48.6 Å². The zero-order chi connectivity index (χ0) is 8.23. The molecule has 0 fully saturated rings. The average molecular weight is 154 g/mol. The Balaban J connectivity index is 2.31. The lowest BCUT2D eigenvalue weighted by Crippen LogP contribution is -1.87. The van der Waals surface area contributed by atoms with E-state index in [1.54, 1.807) is 0 Å². The van der Waals surface area contributed by atoms with Crippen LogP contribution >= 0.6 is 0 Å². The summed E-state index contributed by atoms with van der Waals surface area (Å²) in [5.74, 6) is 0. The van der Waals surface area contributed by atoms with Crippen molar-refractivity contribution in [2.75, 3.05) is 0 Å². The number of hydrogen-bond acceptors (Lipinski definition) is 0. The Bertz CT molecular complexity index is 304. The number of allylic oxidation sites excluding steroid dienone is 4. The Labute approximate surface area is 73.2 Å². The summed E-state index contributed by atoms with van der Waals surface area (Å²) in [6, 6.07) is 10.4. The maximum atomic E-state index is 3.31. The molecule has 2 radical (unpaired) electrons. The monoisotopic (exact) mass is 154 g/mol. The second kappa shape index (κ2) is 3.40. The molecule has 1 aromatic carbocycles. The molecule has 0 nitrogen and oxygen atoms in total. The lowest BCUT2D eigenvalue weighted by atomic mass is 9.98. The number of hydrogen-bond donors (Lipinski definition) is 0. The summed E-state index contributed by atoms with van der Waals surface area (Å²) in [4.78, 5) is 0. The van der Waals surface area contributed by atoms with Crippen molar-refractivity contribution in [1.29, 1.82) is 0 Å². The predicted octanol–water partition coefficient (Wildman–Crippen LogP) is 3.11. The van der Waals surface area contributed by atoms with Crippen LogP contribution in [-0.4, -0.2) is 0 Å². The van der Waals surface area contributed by atoms with Gasteiger partial charge in [-0.25, -0.2) is 0 Å². The molecule has 0 bridgehead atoms. The van der Waals surface area contributed by atoms with Crippen LogP contribution in [-0.2, 0) is 0 Å². The van der Waals surface area contributed by atoms with Gasteiger partial charge in [-0.3, -0.25) is 0 Å². The third-order valence-electron chi connectivity index (χ3n) is 1.89. The third-order valence-corrected chi connectivity index (χ3v) is 1.89. The van der Waals surface area contributed by atoms with Crippen LogP contribution in [0.1, 0.15) is 12.0 Å². The highest BCUT2D eigenvalue weighted by atomic mass is 14.1. The van der Waals surface area contributed by atoms with Crippen molar-refractivity contribution in [3.05, 3.63) is 60.5 Å². The van der Waals surface area contributed by atoms with Gasteiger partial charge >= 0.3 is 0 Å². The zero-order valence-electron chi connectivity index (χ0n) is 6.83. The van der Waals surface area contributed by atoms with Crippen LogP contribution in [0.2, 0.25) is 0 Å². The lowest BCUT2D eigenvalue weighted by molar-refractivity contribution is 1.27. The normalized spacial score (nSPS) is 15.8. The van der Waals surface area contributed by atoms with Gasteiger partial charge in [0.2, 0.25) is 0 Å². The van der Waals surface area contributed by atoms with Crippen molar-refractivity contribution in [2.45, 2.75) is 6.42 Å². The Hall–Kier alpha value is -1.30. The summed E-state index contributed by atoms with van der Waals surface area (Å²) in [6.07, 6.45) is 10.5. The molecular formula is C12H10. The molecular weight excluding hydrogens is 144 g/mol. The first-order chi connectivity index (χ1) is 5.97. The summed E-state index contributed by atoms with van der Waals surface area (Å²) in [5.41, 5.74) is 2.46. The molecule has 0 heterocycles. The smallest absolute Gasteiger partial charge is 0.0211 e. The van der Waals surface area contributed by atoms with Crippen molar-refractivity contribution in [1.82, 2.24) is 0 Å². The van der Waals surface area contributed by atoms with Gasteiger partial charge < -0.3 is 0 Å². The Morgan fingerprint density at radius 2 is 1.92 bits per heavy atom. The minimum absolute atomic E-state index is 0.931. The third kappa shape index (κ3) is 1.48. The van der Waals surface area contributed by atoms with Crippen molar-refractivity contribution in [3.8, 4) is 0 Å². The Kier molecular flexibility index (Phi) is 2.08. The fraction of sp³-hybridized carbons (Fsp3) is 0.0833. The maximum absolute atomic E-state index is 3.31. The minimum atomic E-state index is 0.931. The summed E-state index contributed by atoms with van der Waals surface area (Å²) < 4.78 is 0. The van der Waals surface area contributed by atoms with Gasteiger partial charge in [0.1, 0.15) is 0 Å². The highest BCUT2D eigenvalue weighted by Crippen LogP contribution is 2.21. The van der Waals surface area contributed by atoms with Crippen LogP contribution in [0.25, 0.3) is 5.57 Å². The molecule has 0 aliphatic heterocycles. The standard InChI is InChI=1S/C12H10/c1-3-7-11(8-4-1)12-9-5-2-6-10-12/h1-5,7-9H,6H2. The minimum Gasteiger partial charge on any atom is -0.0836 e. The fourth-order valence-electron chi connectivity index (χ4n) is 1.28. The molecule has 2 rings (SSSR count). The summed E-state index contributed by atoms with van der Waals surface area (Å²) in [7, 11) is 0. The second-order valence-electron chi connectivity index (χ2n) is 2.76. The van der Waals surface area contributed by atoms with Crippen LogP contribution in [0.5, 0.6) is 0 Å². The van der Waals surface area contributed by atoms with E-state index in [0.717, 1.165) is 6.42 Å². The first kappa shape index (κ1) is 7.35. The Morgan fingerprint density at radius 1 is 1.08 bits per heavy atom. The Morgan fingerprint density at radius 3 is 2.58 bits per heavy atom. The van der Waals surface area contributed by atoms with Gasteiger partial charge in [-0.05, 0) is 17.6 Å². The first-order valence-electron chi connectivity index (χ1n) is 4.13. The number of benzene rings is 1. The van der Waals surface area contributed by atoms with E-state index in [9.17, 15) is 0 Å². The zero-order valence-corrected chi connectivity index (χ0v) is 6.83. The molecule has 0 heteroatoms. The van der Waals surface area contributed by atoms with Crippen molar-refractivity contribution < 1.29 is 0 Å². The van der Waals surface area contributed by atoms with Gasteiger partial charge in [0.15, 0.2) is 0 Å². The molecule has 0 N–H and O–H groups in total. The second-order valence-corrected chi connectivity index (χ2v) is 2.76. The molecule has 0 saturated heterocycles. The molecule has 1 aliphatic carbocycles. The molecule has 1 aromatic rings. The van der Waals surface area contributed by atoms with Gasteiger partial charge in [-0.15, -0.1) is 0 Å².